The lowest BCUT2D eigenvalue weighted by molar-refractivity contribution is -0.353. The Labute approximate surface area is 524 Å². The van der Waals surface area contributed by atoms with Crippen molar-refractivity contribution in [1.29, 1.82) is 0 Å². The third-order valence-electron chi connectivity index (χ3n) is 24.7. The van der Waals surface area contributed by atoms with Crippen molar-refractivity contribution in [2.75, 3.05) is 13.2 Å². The second-order valence-electron chi connectivity index (χ2n) is 30.8. The van der Waals surface area contributed by atoms with Gasteiger partial charge in [0.15, 0.2) is 18.4 Å². The van der Waals surface area contributed by atoms with Crippen LogP contribution < -0.4 is 5.73 Å². The second-order valence-corrected chi connectivity index (χ2v) is 30.8. The summed E-state index contributed by atoms with van der Waals surface area (Å²) in [7, 11) is 0. The summed E-state index contributed by atoms with van der Waals surface area (Å²) in [5.74, 6) is -0.811. The molecule has 9 aliphatic rings. The number of benzene rings is 3. The third kappa shape index (κ3) is 11.7. The monoisotopic (exact) mass is 1210 g/mol. The minimum absolute atomic E-state index is 0.00432. The van der Waals surface area contributed by atoms with E-state index in [9.17, 15) is 4.79 Å². The Morgan fingerprint density at radius 1 is 0.648 bits per heavy atom. The molecule has 4 saturated heterocycles. The number of carbonyl (C=O) groups is 2. The van der Waals surface area contributed by atoms with Gasteiger partial charge in [0.05, 0.1) is 50.7 Å². The highest BCUT2D eigenvalue weighted by Crippen LogP contribution is 2.76. The lowest BCUT2D eigenvalue weighted by Gasteiger charge is -2.71. The van der Waals surface area contributed by atoms with E-state index in [0.29, 0.717) is 50.4 Å². The van der Waals surface area contributed by atoms with Crippen LogP contribution in [0, 0.1) is 68.0 Å². The maximum Gasteiger partial charge on any atom is 0.315 e. The Bertz CT molecular complexity index is 2930. The molecule has 5 aliphatic carbocycles. The molecule has 482 valence electrons. The largest absolute Gasteiger partial charge is 0.432 e. The van der Waals surface area contributed by atoms with Crippen LogP contribution in [0.25, 0.3) is 0 Å². The van der Waals surface area contributed by atoms with Crippen LogP contribution in [0.4, 0.5) is 0 Å². The van der Waals surface area contributed by atoms with Crippen LogP contribution in [0.2, 0.25) is 0 Å². The van der Waals surface area contributed by atoms with E-state index < -0.39 is 78.7 Å². The van der Waals surface area contributed by atoms with Crippen LogP contribution in [-0.2, 0) is 81.5 Å². The van der Waals surface area contributed by atoms with E-state index in [1.165, 1.54) is 11.9 Å². The molecule has 3 aromatic carbocycles. The number of rotatable bonds is 17. The smallest absolute Gasteiger partial charge is 0.315 e. The van der Waals surface area contributed by atoms with Gasteiger partial charge in [0.25, 0.3) is 0 Å². The van der Waals surface area contributed by atoms with E-state index >= 15 is 4.79 Å². The van der Waals surface area contributed by atoms with Gasteiger partial charge in [0.1, 0.15) is 42.9 Å². The Morgan fingerprint density at radius 2 is 1.27 bits per heavy atom. The fourth-order valence-electron chi connectivity index (χ4n) is 19.0. The van der Waals surface area contributed by atoms with Crippen LogP contribution in [0.5, 0.6) is 0 Å². The molecule has 14 heteroatoms. The first-order valence-electron chi connectivity index (χ1n) is 33.6. The number of esters is 1. The van der Waals surface area contributed by atoms with Crippen molar-refractivity contribution in [1.82, 2.24) is 0 Å². The summed E-state index contributed by atoms with van der Waals surface area (Å²) >= 11 is 0. The highest BCUT2D eigenvalue weighted by Gasteiger charge is 2.70. The van der Waals surface area contributed by atoms with Gasteiger partial charge in [-0.05, 0) is 147 Å². The molecule has 0 amide bonds. The van der Waals surface area contributed by atoms with Gasteiger partial charge in [0.2, 0.25) is 6.29 Å². The standard InChI is InChI=1S/C74H103NO13/c1-45-30-32-70(9)56(71(45,10)44-76)31-33-73(12)57(70)29-28-52-53-38-68(5,6)34-36-74(53,37-35-72(52,73)11)67(77)86-65-60(46(2)58(75)54(83-65)42-78-39-49-22-16-13-17-23-49)84-66-63-62(87-69(7,8)88-63)61(48(4)82-66)85-64-47(3)59(80-41-51-26-20-15-21-27-51)55(43-81-64)79-40-50-24-18-14-19-25-50/h13-28,44-48,53-66H,29-43,75H2,1-12H3/t45-,46?,47?,48?,53?,54?,55+,56+,57?,58+,59?,60?,61-,62?,63?,64-,65-,66-,70?,71-,72+,73-,74-/m0/s1. The first kappa shape index (κ1) is 64.2. The summed E-state index contributed by atoms with van der Waals surface area (Å²) in [6, 6.07) is 29.8. The van der Waals surface area contributed by atoms with Gasteiger partial charge < -0.3 is 62.6 Å². The zero-order valence-corrected chi connectivity index (χ0v) is 54.7. The van der Waals surface area contributed by atoms with Gasteiger partial charge in [-0.25, -0.2) is 0 Å². The minimum Gasteiger partial charge on any atom is -0.432 e. The average molecular weight is 1210 g/mol. The van der Waals surface area contributed by atoms with Gasteiger partial charge >= 0.3 is 5.97 Å². The fraction of sp³-hybridized carbons (Fsp3) is 0.703. The molecule has 88 heavy (non-hydrogen) atoms. The number of hydrogen-bond donors (Lipinski definition) is 1. The molecule has 0 bridgehead atoms. The Balaban J connectivity index is 0.805. The van der Waals surface area contributed by atoms with Crippen LogP contribution in [0.15, 0.2) is 103 Å². The van der Waals surface area contributed by atoms with Crippen LogP contribution in [0.1, 0.15) is 164 Å². The van der Waals surface area contributed by atoms with Crippen molar-refractivity contribution in [3.8, 4) is 0 Å². The van der Waals surface area contributed by atoms with Crippen molar-refractivity contribution < 1.29 is 61.7 Å². The van der Waals surface area contributed by atoms with Crippen molar-refractivity contribution in [3.05, 3.63) is 119 Å². The highest BCUT2D eigenvalue weighted by atomic mass is 16.8. The predicted octanol–water partition coefficient (Wildman–Crippen LogP) is 13.2. The molecule has 23 atom stereocenters. The zero-order valence-electron chi connectivity index (χ0n) is 54.7. The number of nitrogens with two attached hydrogens (primary N) is 1. The molecule has 2 N–H and O–H groups in total. The molecule has 14 nitrogen and oxygen atoms in total. The van der Waals surface area contributed by atoms with E-state index in [1.54, 1.807) is 0 Å². The van der Waals surface area contributed by atoms with Crippen LogP contribution in [0.3, 0.4) is 0 Å². The molecule has 3 aromatic rings. The quantitative estimate of drug-likeness (QED) is 0.0772. The summed E-state index contributed by atoms with van der Waals surface area (Å²) < 4.78 is 75.2. The molecule has 4 aliphatic heterocycles. The normalized spacial score (nSPS) is 44.2. The SMILES string of the molecule is CC1C(OCc2ccccc2)[C@H](OCc2ccccc2)CO[C@H]1O[C@H]1C(C)O[C@@H](OC2C(C)[C@@H](N)C(COCc3ccccc3)O[C@H]2OC(=O)[C@]23CCC(C)(C)CC2C2=CCC4C5(C)CC[C@H](C)[C@](C)(C=O)[C@@H]5CC[C@]4(C)[C@]2(C)CC3)C2OC(C)(C)OC21. The van der Waals surface area contributed by atoms with E-state index in [-0.39, 0.29) is 70.3 Å². The Morgan fingerprint density at radius 3 is 1.94 bits per heavy atom. The van der Waals surface area contributed by atoms with Gasteiger partial charge in [-0.15, -0.1) is 0 Å². The number of fused-ring (bicyclic) bond motifs is 8. The van der Waals surface area contributed by atoms with Gasteiger partial charge in [-0.2, -0.15) is 0 Å². The topological polar surface area (TPSA) is 162 Å². The van der Waals surface area contributed by atoms with E-state index in [1.807, 2.05) is 94.4 Å². The summed E-state index contributed by atoms with van der Waals surface area (Å²) in [5, 5.41) is 0. The molecule has 4 heterocycles. The summed E-state index contributed by atoms with van der Waals surface area (Å²) in [5.41, 5.74) is 10.6. The molecule has 0 spiro atoms. The van der Waals surface area contributed by atoms with Crippen molar-refractivity contribution in [3.63, 3.8) is 0 Å². The number of ether oxygens (including phenoxy) is 11. The molecule has 11 unspecified atom stereocenters. The number of hydrogen-bond acceptors (Lipinski definition) is 14. The van der Waals surface area contributed by atoms with Gasteiger partial charge in [-0.1, -0.05) is 165 Å². The number of carbonyl (C=O) groups excluding carboxylic acids is 2. The van der Waals surface area contributed by atoms with Crippen LogP contribution >= 0.6 is 0 Å². The number of aldehydes is 1. The summed E-state index contributed by atoms with van der Waals surface area (Å²) in [6.07, 6.45) is 5.57. The summed E-state index contributed by atoms with van der Waals surface area (Å²) in [4.78, 5) is 29.2. The second kappa shape index (κ2) is 24.9. The van der Waals surface area contributed by atoms with Crippen molar-refractivity contribution in [2.24, 2.45) is 73.7 Å². The van der Waals surface area contributed by atoms with Crippen LogP contribution in [-0.4, -0.2) is 105 Å². The van der Waals surface area contributed by atoms with Crippen molar-refractivity contribution >= 4 is 12.3 Å². The fourth-order valence-corrected chi connectivity index (χ4v) is 19.0. The third-order valence-corrected chi connectivity index (χ3v) is 24.7. The van der Waals surface area contributed by atoms with Crippen molar-refractivity contribution in [2.45, 2.75) is 247 Å². The van der Waals surface area contributed by atoms with E-state index in [2.05, 4.69) is 85.7 Å². The Kier molecular flexibility index (Phi) is 18.1. The maximum absolute atomic E-state index is 16.1. The number of allylic oxidation sites excluding steroid dienone is 2. The zero-order chi connectivity index (χ0) is 62.2. The summed E-state index contributed by atoms with van der Waals surface area (Å²) in [6.45, 7) is 28.4. The molecular formula is C74H103NO13. The highest BCUT2D eigenvalue weighted by molar-refractivity contribution is 5.79. The molecule has 4 saturated carbocycles. The van der Waals surface area contributed by atoms with Gasteiger partial charge in [0, 0.05) is 23.3 Å². The minimum atomic E-state index is -1.16. The predicted molar refractivity (Wildman–Crippen MR) is 333 cm³/mol. The molecule has 12 rings (SSSR count). The first-order valence-corrected chi connectivity index (χ1v) is 33.6. The lowest BCUT2D eigenvalue weighted by atomic mass is 9.33. The lowest BCUT2D eigenvalue weighted by Crippen LogP contribution is -2.66. The average Bonchev–Trinajstić information content (AvgIpc) is 0.780. The van der Waals surface area contributed by atoms with E-state index in [4.69, 9.17) is 57.8 Å². The van der Waals surface area contributed by atoms with Gasteiger partial charge in [-0.3, -0.25) is 4.79 Å². The maximum atomic E-state index is 16.1. The molecule has 0 aromatic heterocycles. The molecule has 0 radical (unpaired) electrons. The molecular weight excluding hydrogens is 1110 g/mol. The first-order chi connectivity index (χ1) is 41.9. The molecule has 8 fully saturated rings. The Hall–Kier alpha value is -3.90. The van der Waals surface area contributed by atoms with E-state index in [0.717, 1.165) is 68.1 Å².